The fourth-order valence-corrected chi connectivity index (χ4v) is 7.75. The van der Waals surface area contributed by atoms with Crippen molar-refractivity contribution in [2.75, 3.05) is 0 Å². The molecule has 10 aromatic rings. The number of furan rings is 1. The molecule has 2 nitrogen and oxygen atoms in total. The van der Waals surface area contributed by atoms with Gasteiger partial charge in [-0.15, -0.1) is 0 Å². The number of nitrogens with zero attached hydrogens (tertiary/aromatic N) is 1. The first kappa shape index (κ1) is 26.1. The van der Waals surface area contributed by atoms with E-state index in [1.165, 1.54) is 65.6 Å². The number of benzene rings is 8. The Bertz CT molecular complexity index is 2850. The average Bonchev–Trinajstić information content (AvgIpc) is 3.65. The summed E-state index contributed by atoms with van der Waals surface area (Å²) in [5, 5.41) is 9.73. The number of hydrogen-bond donors (Lipinski definition) is 0. The molecule has 8 aromatic carbocycles. The lowest BCUT2D eigenvalue weighted by molar-refractivity contribution is 0.670. The first-order chi connectivity index (χ1) is 23.2. The van der Waals surface area contributed by atoms with Crippen LogP contribution in [0, 0.1) is 0 Å². The van der Waals surface area contributed by atoms with Gasteiger partial charge in [0, 0.05) is 50.8 Å². The molecule has 0 bridgehead atoms. The summed E-state index contributed by atoms with van der Waals surface area (Å²) in [6.07, 6.45) is 0. The molecule has 0 saturated carbocycles. The van der Waals surface area contributed by atoms with Crippen LogP contribution < -0.4 is 0 Å². The molecule has 0 aliphatic heterocycles. The monoisotopic (exact) mass is 599 g/mol. The molecule has 0 N–H and O–H groups in total. The van der Waals surface area contributed by atoms with E-state index >= 15 is 0 Å². The van der Waals surface area contributed by atoms with Crippen molar-refractivity contribution in [1.82, 2.24) is 4.57 Å². The van der Waals surface area contributed by atoms with Gasteiger partial charge in [-0.25, -0.2) is 0 Å². The number of rotatable bonds is 3. The summed E-state index contributed by atoms with van der Waals surface area (Å²) < 4.78 is 9.13. The Morgan fingerprint density at radius 3 is 1.83 bits per heavy atom. The molecular weight excluding hydrogens is 571 g/mol. The van der Waals surface area contributed by atoms with Gasteiger partial charge in [0.1, 0.15) is 11.2 Å². The van der Waals surface area contributed by atoms with E-state index in [0.29, 0.717) is 0 Å². The normalized spacial score (nSPS) is 11.9. The molecule has 2 heteroatoms. The van der Waals surface area contributed by atoms with E-state index in [4.69, 9.17) is 4.42 Å². The van der Waals surface area contributed by atoms with Gasteiger partial charge in [-0.3, -0.25) is 0 Å². The van der Waals surface area contributed by atoms with Crippen LogP contribution in [0.4, 0.5) is 0 Å². The second-order valence-corrected chi connectivity index (χ2v) is 12.5. The zero-order chi connectivity index (χ0) is 31.1. The molecule has 2 aromatic heterocycles. The van der Waals surface area contributed by atoms with Crippen LogP contribution in [0.25, 0.3) is 98.7 Å². The molecule has 0 aliphatic carbocycles. The van der Waals surface area contributed by atoms with Crippen molar-refractivity contribution < 1.29 is 4.42 Å². The molecule has 0 saturated heterocycles. The Hall–Kier alpha value is -6.12. The largest absolute Gasteiger partial charge is 0.455 e. The van der Waals surface area contributed by atoms with E-state index in [2.05, 4.69) is 169 Å². The van der Waals surface area contributed by atoms with Crippen LogP contribution in [-0.4, -0.2) is 4.57 Å². The van der Waals surface area contributed by atoms with Gasteiger partial charge in [0.05, 0.1) is 0 Å². The minimum atomic E-state index is 0.902. The summed E-state index contributed by atoms with van der Waals surface area (Å²) in [6, 6.07) is 57.1. The van der Waals surface area contributed by atoms with Crippen LogP contribution in [0.2, 0.25) is 0 Å². The number of aryl methyl sites for hydroxylation is 1. The van der Waals surface area contributed by atoms with Gasteiger partial charge in [-0.1, -0.05) is 127 Å². The first-order valence-electron chi connectivity index (χ1n) is 16.2. The van der Waals surface area contributed by atoms with Crippen molar-refractivity contribution in [3.05, 3.63) is 158 Å². The topological polar surface area (TPSA) is 18.1 Å². The molecule has 0 aliphatic rings. The number of fused-ring (bicyclic) bond motifs is 8. The molecule has 10 rings (SSSR count). The Balaban J connectivity index is 1.24. The summed E-state index contributed by atoms with van der Waals surface area (Å²) in [5.41, 5.74) is 11.4. The van der Waals surface area contributed by atoms with Crippen LogP contribution in [-0.2, 0) is 7.05 Å². The van der Waals surface area contributed by atoms with Gasteiger partial charge in [0.2, 0.25) is 0 Å². The zero-order valence-electron chi connectivity index (χ0n) is 25.9. The van der Waals surface area contributed by atoms with Crippen molar-refractivity contribution in [3.63, 3.8) is 0 Å². The van der Waals surface area contributed by atoms with Crippen molar-refractivity contribution in [2.45, 2.75) is 0 Å². The molecular formula is C45H29NO. The molecule has 2 heterocycles. The highest BCUT2D eigenvalue weighted by Crippen LogP contribution is 2.48. The summed E-state index contributed by atoms with van der Waals surface area (Å²) in [4.78, 5) is 0. The maximum absolute atomic E-state index is 6.84. The molecule has 0 amide bonds. The average molecular weight is 600 g/mol. The lowest BCUT2D eigenvalue weighted by Gasteiger charge is -2.15. The molecule has 0 atom stereocenters. The van der Waals surface area contributed by atoms with Gasteiger partial charge in [0.15, 0.2) is 0 Å². The van der Waals surface area contributed by atoms with Crippen LogP contribution in [0.3, 0.4) is 0 Å². The maximum Gasteiger partial charge on any atom is 0.144 e. The molecule has 220 valence electrons. The van der Waals surface area contributed by atoms with Crippen molar-refractivity contribution in [3.8, 4) is 33.4 Å². The van der Waals surface area contributed by atoms with Crippen LogP contribution >= 0.6 is 0 Å². The van der Waals surface area contributed by atoms with Crippen LogP contribution in [0.1, 0.15) is 0 Å². The summed E-state index contributed by atoms with van der Waals surface area (Å²) in [7, 11) is 2.15. The predicted octanol–water partition coefficient (Wildman–Crippen LogP) is 12.5. The third kappa shape index (κ3) is 3.85. The van der Waals surface area contributed by atoms with Gasteiger partial charge >= 0.3 is 0 Å². The fourth-order valence-electron chi connectivity index (χ4n) is 7.75. The van der Waals surface area contributed by atoms with E-state index < -0.39 is 0 Å². The number of para-hydroxylation sites is 2. The minimum absolute atomic E-state index is 0.902. The molecule has 0 spiro atoms. The lowest BCUT2D eigenvalue weighted by Crippen LogP contribution is -1.90. The molecule has 0 unspecified atom stereocenters. The van der Waals surface area contributed by atoms with Gasteiger partial charge in [0.25, 0.3) is 0 Å². The van der Waals surface area contributed by atoms with E-state index in [-0.39, 0.29) is 0 Å². The maximum atomic E-state index is 6.84. The lowest BCUT2D eigenvalue weighted by atomic mass is 9.87. The van der Waals surface area contributed by atoms with Gasteiger partial charge < -0.3 is 8.98 Å². The highest BCUT2D eigenvalue weighted by atomic mass is 16.3. The minimum Gasteiger partial charge on any atom is -0.455 e. The molecule has 0 radical (unpaired) electrons. The van der Waals surface area contributed by atoms with E-state index in [0.717, 1.165) is 33.1 Å². The third-order valence-corrected chi connectivity index (χ3v) is 10.00. The Kier molecular flexibility index (Phi) is 5.53. The fraction of sp³-hybridized carbons (Fsp3) is 0.0222. The van der Waals surface area contributed by atoms with Gasteiger partial charge in [-0.05, 0) is 74.1 Å². The molecule has 47 heavy (non-hydrogen) atoms. The van der Waals surface area contributed by atoms with E-state index in [1.807, 2.05) is 0 Å². The second-order valence-electron chi connectivity index (χ2n) is 12.5. The highest BCUT2D eigenvalue weighted by molar-refractivity contribution is 6.27. The second kappa shape index (κ2) is 9.94. The van der Waals surface area contributed by atoms with Crippen LogP contribution in [0.5, 0.6) is 0 Å². The van der Waals surface area contributed by atoms with E-state index in [9.17, 15) is 0 Å². The zero-order valence-corrected chi connectivity index (χ0v) is 25.9. The highest BCUT2D eigenvalue weighted by Gasteiger charge is 2.23. The van der Waals surface area contributed by atoms with E-state index in [1.54, 1.807) is 0 Å². The quantitative estimate of drug-likeness (QED) is 0.198. The Labute approximate surface area is 271 Å². The summed E-state index contributed by atoms with van der Waals surface area (Å²) >= 11 is 0. The standard InChI is InChI=1S/C45H29NO/c1-46-39-16-8-6-12-34(39)38-27-33(24-25-40(38)46)43-36-14-5-4-13-35(36)42(44-37-15-7-9-17-41(37)47-45(43)44)30-21-18-29(19-22-30)32-23-20-28-10-2-3-11-31(28)26-32/h2-27H,1H3. The van der Waals surface area contributed by atoms with Crippen molar-refractivity contribution in [2.24, 2.45) is 7.05 Å². The summed E-state index contributed by atoms with van der Waals surface area (Å²) in [6.45, 7) is 0. The Morgan fingerprint density at radius 1 is 0.404 bits per heavy atom. The SMILES string of the molecule is Cn1c2ccccc2c2cc(-c3c4ccccc4c(-c4ccc(-c5ccc6ccccc6c5)cc4)c4c3oc3ccccc34)ccc21. The van der Waals surface area contributed by atoms with Crippen molar-refractivity contribution in [1.29, 1.82) is 0 Å². The van der Waals surface area contributed by atoms with Gasteiger partial charge in [-0.2, -0.15) is 0 Å². The van der Waals surface area contributed by atoms with Crippen molar-refractivity contribution >= 4 is 65.3 Å². The van der Waals surface area contributed by atoms with Crippen LogP contribution in [0.15, 0.2) is 162 Å². The smallest absolute Gasteiger partial charge is 0.144 e. The third-order valence-electron chi connectivity index (χ3n) is 10.00. The number of aromatic nitrogens is 1. The summed E-state index contributed by atoms with van der Waals surface area (Å²) in [5.74, 6) is 0. The predicted molar refractivity (Wildman–Crippen MR) is 199 cm³/mol. The number of hydrogen-bond acceptors (Lipinski definition) is 1. The first-order valence-corrected chi connectivity index (χ1v) is 16.2. The molecule has 0 fully saturated rings. The Morgan fingerprint density at radius 2 is 1.00 bits per heavy atom.